The Morgan fingerprint density at radius 1 is 1.31 bits per heavy atom. The van der Waals surface area contributed by atoms with Crippen LogP contribution in [0.5, 0.6) is 0 Å². The van der Waals surface area contributed by atoms with Crippen LogP contribution in [0.15, 0.2) is 23.4 Å². The van der Waals surface area contributed by atoms with Crippen molar-refractivity contribution in [2.45, 2.75) is 50.1 Å². The van der Waals surface area contributed by atoms with Gasteiger partial charge in [0.15, 0.2) is 11.0 Å². The number of rotatable bonds is 7. The topological polar surface area (TPSA) is 98.7 Å². The normalized spacial score (nSPS) is 15.1. The highest BCUT2D eigenvalue weighted by Gasteiger charge is 2.17. The number of nitrogens with two attached hydrogens (primary N) is 1. The van der Waals surface area contributed by atoms with Gasteiger partial charge in [-0.3, -0.25) is 4.79 Å². The van der Waals surface area contributed by atoms with Gasteiger partial charge < -0.3 is 11.2 Å². The number of halogens is 1. The Bertz CT molecular complexity index is 998. The second kappa shape index (κ2) is 9.32. The van der Waals surface area contributed by atoms with Crippen LogP contribution in [-0.4, -0.2) is 31.5 Å². The summed E-state index contributed by atoms with van der Waals surface area (Å²) in [6.45, 7) is 0. The predicted octanol–water partition coefficient (Wildman–Crippen LogP) is 4.50. The monoisotopic (exact) mass is 450 g/mol. The van der Waals surface area contributed by atoms with Gasteiger partial charge in [0.1, 0.15) is 0 Å². The van der Waals surface area contributed by atoms with Gasteiger partial charge in [-0.05, 0) is 30.5 Å². The fourth-order valence-electron chi connectivity index (χ4n) is 3.62. The molecular weight excluding hydrogens is 428 g/mol. The van der Waals surface area contributed by atoms with Gasteiger partial charge in [0.05, 0.1) is 16.0 Å². The van der Waals surface area contributed by atoms with E-state index in [2.05, 4.69) is 20.5 Å². The summed E-state index contributed by atoms with van der Waals surface area (Å²) in [6, 6.07) is 5.46. The highest BCUT2D eigenvalue weighted by atomic mass is 35.5. The molecule has 1 aromatic carbocycles. The van der Waals surface area contributed by atoms with Crippen molar-refractivity contribution in [1.29, 1.82) is 0 Å². The molecule has 0 bridgehead atoms. The lowest BCUT2D eigenvalue weighted by molar-refractivity contribution is -0.113. The SMILES string of the molecule is Nn1c(CCC2CCCCC2)nnc1SCC(=O)Nc1nc2ccc(Cl)cc2s1. The molecule has 1 aliphatic carbocycles. The van der Waals surface area contributed by atoms with Crippen LogP contribution in [0.25, 0.3) is 10.2 Å². The Balaban J connectivity index is 1.29. The molecule has 7 nitrogen and oxygen atoms in total. The highest BCUT2D eigenvalue weighted by Crippen LogP contribution is 2.29. The number of carbonyl (C=O) groups is 1. The van der Waals surface area contributed by atoms with E-state index in [-0.39, 0.29) is 11.7 Å². The standard InChI is InChI=1S/C19H23ClN6OS2/c20-13-7-8-14-15(10-13)29-18(22-14)23-17(27)11-28-19-25-24-16(26(19)21)9-6-12-4-2-1-3-5-12/h7-8,10,12H,1-6,9,11,21H2,(H,22,23,27). The van der Waals surface area contributed by atoms with Crippen molar-refractivity contribution in [3.05, 3.63) is 29.0 Å². The third-order valence-electron chi connectivity index (χ3n) is 5.17. The smallest absolute Gasteiger partial charge is 0.236 e. The zero-order chi connectivity index (χ0) is 20.2. The van der Waals surface area contributed by atoms with E-state index in [1.807, 2.05) is 12.1 Å². The lowest BCUT2D eigenvalue weighted by Crippen LogP contribution is -2.18. The number of carbonyl (C=O) groups excluding carboxylic acids is 1. The van der Waals surface area contributed by atoms with Crippen LogP contribution in [0.4, 0.5) is 5.13 Å². The third kappa shape index (κ3) is 5.21. The number of aromatic nitrogens is 4. The number of nitrogens with one attached hydrogen (secondary N) is 1. The Labute approximate surface area is 182 Å². The molecule has 154 valence electrons. The van der Waals surface area contributed by atoms with Gasteiger partial charge in [0, 0.05) is 11.4 Å². The number of nitrogens with zero attached hydrogens (tertiary/aromatic N) is 4. The minimum Gasteiger partial charge on any atom is -0.336 e. The first-order chi connectivity index (χ1) is 14.1. The van der Waals surface area contributed by atoms with E-state index in [1.54, 1.807) is 6.07 Å². The predicted molar refractivity (Wildman–Crippen MR) is 119 cm³/mol. The molecule has 10 heteroatoms. The quantitative estimate of drug-likeness (QED) is 0.406. The van der Waals surface area contributed by atoms with Gasteiger partial charge >= 0.3 is 0 Å². The minimum atomic E-state index is -0.160. The van der Waals surface area contributed by atoms with E-state index < -0.39 is 0 Å². The molecule has 29 heavy (non-hydrogen) atoms. The van der Waals surface area contributed by atoms with Crippen molar-refractivity contribution in [2.24, 2.45) is 5.92 Å². The van der Waals surface area contributed by atoms with Gasteiger partial charge in [0.2, 0.25) is 11.1 Å². The van der Waals surface area contributed by atoms with Crippen molar-refractivity contribution >= 4 is 56.0 Å². The largest absolute Gasteiger partial charge is 0.336 e. The average molecular weight is 451 g/mol. The Morgan fingerprint density at radius 2 is 2.14 bits per heavy atom. The summed E-state index contributed by atoms with van der Waals surface area (Å²) in [5, 5.41) is 12.9. The molecule has 0 atom stereocenters. The molecule has 3 N–H and O–H groups in total. The molecule has 1 aliphatic rings. The van der Waals surface area contributed by atoms with Crippen LogP contribution in [0.2, 0.25) is 5.02 Å². The van der Waals surface area contributed by atoms with Crippen LogP contribution < -0.4 is 11.2 Å². The van der Waals surface area contributed by atoms with Crippen LogP contribution >= 0.6 is 34.7 Å². The summed E-state index contributed by atoms with van der Waals surface area (Å²) >= 11 is 8.66. The molecule has 2 heterocycles. The van der Waals surface area contributed by atoms with Gasteiger partial charge in [-0.2, -0.15) is 0 Å². The molecule has 1 saturated carbocycles. The number of amides is 1. The number of fused-ring (bicyclic) bond motifs is 1. The number of hydrogen-bond acceptors (Lipinski definition) is 7. The van der Waals surface area contributed by atoms with Crippen LogP contribution in [0.3, 0.4) is 0 Å². The summed E-state index contributed by atoms with van der Waals surface area (Å²) < 4.78 is 2.45. The van der Waals surface area contributed by atoms with Crippen molar-refractivity contribution in [2.75, 3.05) is 16.9 Å². The number of thiazole rings is 1. The fourth-order valence-corrected chi connectivity index (χ4v) is 5.46. The van der Waals surface area contributed by atoms with Gasteiger partial charge in [-0.15, -0.1) is 10.2 Å². The zero-order valence-corrected chi connectivity index (χ0v) is 18.3. The molecule has 0 radical (unpaired) electrons. The highest BCUT2D eigenvalue weighted by molar-refractivity contribution is 7.99. The number of nitrogen functional groups attached to an aromatic ring is 1. The van der Waals surface area contributed by atoms with Gasteiger partial charge in [-0.25, -0.2) is 9.66 Å². The van der Waals surface area contributed by atoms with E-state index in [0.717, 1.165) is 34.8 Å². The maximum atomic E-state index is 12.3. The number of thioether (sulfide) groups is 1. The molecule has 0 saturated heterocycles. The lowest BCUT2D eigenvalue weighted by Gasteiger charge is -2.20. The lowest BCUT2D eigenvalue weighted by atomic mass is 9.86. The number of benzene rings is 1. The molecule has 0 aliphatic heterocycles. The van der Waals surface area contributed by atoms with E-state index in [1.165, 1.54) is 59.9 Å². The summed E-state index contributed by atoms with van der Waals surface area (Å²) in [7, 11) is 0. The molecule has 0 spiro atoms. The van der Waals surface area contributed by atoms with Crippen molar-refractivity contribution in [1.82, 2.24) is 19.9 Å². The Morgan fingerprint density at radius 3 is 2.97 bits per heavy atom. The molecule has 1 amide bonds. The fraction of sp³-hybridized carbons (Fsp3) is 0.474. The third-order valence-corrected chi connectivity index (χ3v) is 7.28. The second-order valence-corrected chi connectivity index (χ2v) is 9.69. The summed E-state index contributed by atoms with van der Waals surface area (Å²) in [6.07, 6.45) is 8.56. The summed E-state index contributed by atoms with van der Waals surface area (Å²) in [5.74, 6) is 7.72. The van der Waals surface area contributed by atoms with Crippen molar-refractivity contribution in [3.63, 3.8) is 0 Å². The van der Waals surface area contributed by atoms with E-state index >= 15 is 0 Å². The molecule has 4 rings (SSSR count). The minimum absolute atomic E-state index is 0.160. The Hall–Kier alpha value is -1.84. The number of hydrogen-bond donors (Lipinski definition) is 2. The van der Waals surface area contributed by atoms with Crippen LogP contribution in [0.1, 0.15) is 44.3 Å². The first kappa shape index (κ1) is 20.4. The first-order valence-corrected chi connectivity index (χ1v) is 11.9. The van der Waals surface area contributed by atoms with E-state index in [0.29, 0.717) is 15.3 Å². The molecule has 2 aromatic heterocycles. The first-order valence-electron chi connectivity index (χ1n) is 9.76. The maximum Gasteiger partial charge on any atom is 0.236 e. The van der Waals surface area contributed by atoms with Crippen LogP contribution in [0, 0.1) is 5.92 Å². The molecule has 1 fully saturated rings. The molecule has 3 aromatic rings. The summed E-state index contributed by atoms with van der Waals surface area (Å²) in [4.78, 5) is 16.7. The molecule has 0 unspecified atom stereocenters. The van der Waals surface area contributed by atoms with Gasteiger partial charge in [0.25, 0.3) is 0 Å². The molecular formula is C19H23ClN6OS2. The van der Waals surface area contributed by atoms with Crippen molar-refractivity contribution in [3.8, 4) is 0 Å². The van der Waals surface area contributed by atoms with Crippen molar-refractivity contribution < 1.29 is 4.79 Å². The zero-order valence-electron chi connectivity index (χ0n) is 15.9. The van der Waals surface area contributed by atoms with Gasteiger partial charge in [-0.1, -0.05) is 66.8 Å². The number of anilines is 1. The second-order valence-electron chi connectivity index (χ2n) is 7.28. The maximum absolute atomic E-state index is 12.3. The van der Waals surface area contributed by atoms with E-state index in [9.17, 15) is 4.79 Å². The average Bonchev–Trinajstić information content (AvgIpc) is 3.27. The Kier molecular flexibility index (Phi) is 6.56. The number of aryl methyl sites for hydroxylation is 1. The summed E-state index contributed by atoms with van der Waals surface area (Å²) in [5.41, 5.74) is 0.812. The van der Waals surface area contributed by atoms with E-state index in [4.69, 9.17) is 17.4 Å². The van der Waals surface area contributed by atoms with Crippen LogP contribution in [-0.2, 0) is 11.2 Å².